The lowest BCUT2D eigenvalue weighted by Crippen LogP contribution is -2.41. The first-order chi connectivity index (χ1) is 13.6. The molecule has 0 spiro atoms. The lowest BCUT2D eigenvalue weighted by molar-refractivity contribution is 0.0203. The number of nitrogens with zero attached hydrogens (tertiary/aromatic N) is 5. The quantitative estimate of drug-likeness (QED) is 0.732. The monoisotopic (exact) mass is 405 g/mol. The molecule has 2 aromatic heterocycles. The fourth-order valence-corrected chi connectivity index (χ4v) is 3.19. The van der Waals surface area contributed by atoms with Gasteiger partial charge in [-0.2, -0.15) is 4.68 Å². The summed E-state index contributed by atoms with van der Waals surface area (Å²) in [6.07, 6.45) is 2.46. The van der Waals surface area contributed by atoms with Crippen LogP contribution in [0.25, 0.3) is 5.82 Å². The Morgan fingerprint density at radius 3 is 2.38 bits per heavy atom. The van der Waals surface area contributed by atoms with Crippen LogP contribution in [0.4, 0.5) is 9.18 Å². The summed E-state index contributed by atoms with van der Waals surface area (Å²) in [7, 11) is 0. The van der Waals surface area contributed by atoms with Crippen LogP contribution in [0.15, 0.2) is 12.3 Å². The van der Waals surface area contributed by atoms with E-state index in [2.05, 4.69) is 15.1 Å². The molecule has 1 amide bonds. The second-order valence-electron chi connectivity index (χ2n) is 7.96. The van der Waals surface area contributed by atoms with E-state index in [4.69, 9.17) is 4.74 Å². The van der Waals surface area contributed by atoms with Gasteiger partial charge in [-0.05, 0) is 59.1 Å². The molecule has 1 fully saturated rings. The molecule has 3 heterocycles. The zero-order valence-electron chi connectivity index (χ0n) is 18.5. The average Bonchev–Trinajstić information content (AvgIpc) is 3.04. The van der Waals surface area contributed by atoms with Gasteiger partial charge in [0, 0.05) is 19.0 Å². The first-order valence-electron chi connectivity index (χ1n) is 10.2. The summed E-state index contributed by atoms with van der Waals surface area (Å²) in [6.45, 7) is 14.5. The summed E-state index contributed by atoms with van der Waals surface area (Å²) in [5, 5.41) is 4.61. The highest BCUT2D eigenvalue weighted by molar-refractivity contribution is 5.68. The second-order valence-corrected chi connectivity index (χ2v) is 7.96. The third-order valence-corrected chi connectivity index (χ3v) is 4.52. The van der Waals surface area contributed by atoms with E-state index in [1.165, 1.54) is 12.3 Å². The maximum atomic E-state index is 13.3. The van der Waals surface area contributed by atoms with Crippen molar-refractivity contribution in [2.24, 2.45) is 0 Å². The predicted octanol–water partition coefficient (Wildman–Crippen LogP) is 4.56. The third kappa shape index (κ3) is 5.74. The summed E-state index contributed by atoms with van der Waals surface area (Å²) in [5.41, 5.74) is 0.208. The van der Waals surface area contributed by atoms with Crippen molar-refractivity contribution in [3.8, 4) is 5.82 Å². The van der Waals surface area contributed by atoms with Crippen LogP contribution in [-0.2, 0) is 4.74 Å². The van der Waals surface area contributed by atoms with Gasteiger partial charge in [0.1, 0.15) is 17.2 Å². The normalized spacial score (nSPS) is 15.0. The molecule has 160 valence electrons. The topological polar surface area (TPSA) is 73.1 Å². The van der Waals surface area contributed by atoms with Crippen LogP contribution < -0.4 is 0 Å². The van der Waals surface area contributed by atoms with Gasteiger partial charge in [0.2, 0.25) is 0 Å². The standard InChI is InChI=1S/C19H26FN5O2.C2H6/c1-12-10-15(20)11-21-17(12)25-13(2)22-16(23-25)14-6-8-24(9-7-14)18(26)27-19(3,4)5;1-2/h10-11,14H,6-9H2,1-5H3;1-2H3. The minimum atomic E-state index is -0.495. The highest BCUT2D eigenvalue weighted by Crippen LogP contribution is 2.27. The van der Waals surface area contributed by atoms with Gasteiger partial charge in [0.15, 0.2) is 11.6 Å². The van der Waals surface area contributed by atoms with Crippen molar-refractivity contribution in [1.82, 2.24) is 24.6 Å². The van der Waals surface area contributed by atoms with Gasteiger partial charge in [0.25, 0.3) is 0 Å². The molecular formula is C21H32FN5O2. The number of halogens is 1. The van der Waals surface area contributed by atoms with Gasteiger partial charge >= 0.3 is 6.09 Å². The first kappa shape index (κ1) is 22.8. The molecule has 0 aromatic carbocycles. The molecule has 3 rings (SSSR count). The van der Waals surface area contributed by atoms with Crippen molar-refractivity contribution in [2.75, 3.05) is 13.1 Å². The van der Waals surface area contributed by atoms with E-state index in [9.17, 15) is 9.18 Å². The lowest BCUT2D eigenvalue weighted by atomic mass is 9.96. The van der Waals surface area contributed by atoms with E-state index >= 15 is 0 Å². The van der Waals surface area contributed by atoms with Crippen molar-refractivity contribution < 1.29 is 13.9 Å². The van der Waals surface area contributed by atoms with Gasteiger partial charge in [-0.25, -0.2) is 19.2 Å². The number of amides is 1. The molecule has 29 heavy (non-hydrogen) atoms. The summed E-state index contributed by atoms with van der Waals surface area (Å²) in [4.78, 5) is 22.7. The third-order valence-electron chi connectivity index (χ3n) is 4.52. The van der Waals surface area contributed by atoms with Crippen molar-refractivity contribution in [3.63, 3.8) is 0 Å². The molecule has 1 aliphatic rings. The van der Waals surface area contributed by atoms with E-state index in [1.54, 1.807) is 16.5 Å². The Labute approximate surface area is 172 Å². The number of ether oxygens (including phenoxy) is 1. The maximum Gasteiger partial charge on any atom is 0.410 e. The van der Waals surface area contributed by atoms with Gasteiger partial charge < -0.3 is 9.64 Å². The molecule has 2 aromatic rings. The highest BCUT2D eigenvalue weighted by atomic mass is 19.1. The molecular weight excluding hydrogens is 373 g/mol. The van der Waals surface area contributed by atoms with E-state index in [1.807, 2.05) is 41.5 Å². The van der Waals surface area contributed by atoms with E-state index in [-0.39, 0.29) is 17.8 Å². The SMILES string of the molecule is CC.Cc1cc(F)cnc1-n1nc(C2CCN(C(=O)OC(C)(C)C)CC2)nc1C. The van der Waals surface area contributed by atoms with E-state index in [0.29, 0.717) is 30.3 Å². The Hall–Kier alpha value is -2.51. The molecule has 1 aliphatic heterocycles. The smallest absolute Gasteiger partial charge is 0.410 e. The van der Waals surface area contributed by atoms with Crippen molar-refractivity contribution in [2.45, 2.75) is 72.8 Å². The fourth-order valence-electron chi connectivity index (χ4n) is 3.19. The number of piperidine rings is 1. The van der Waals surface area contributed by atoms with Gasteiger partial charge in [-0.15, -0.1) is 5.10 Å². The second kappa shape index (κ2) is 9.33. The molecule has 7 nitrogen and oxygen atoms in total. The zero-order valence-corrected chi connectivity index (χ0v) is 18.5. The lowest BCUT2D eigenvalue weighted by Gasteiger charge is -2.32. The number of aromatic nitrogens is 4. The largest absolute Gasteiger partial charge is 0.444 e. The number of hydrogen-bond donors (Lipinski definition) is 0. The van der Waals surface area contributed by atoms with E-state index in [0.717, 1.165) is 18.7 Å². The van der Waals surface area contributed by atoms with Crippen molar-refractivity contribution >= 4 is 6.09 Å². The van der Waals surface area contributed by atoms with Crippen LogP contribution in [-0.4, -0.2) is 49.4 Å². The minimum Gasteiger partial charge on any atom is -0.444 e. The first-order valence-corrected chi connectivity index (χ1v) is 10.2. The summed E-state index contributed by atoms with van der Waals surface area (Å²) in [5.74, 6) is 1.83. The zero-order chi connectivity index (χ0) is 21.8. The number of hydrogen-bond acceptors (Lipinski definition) is 5. The highest BCUT2D eigenvalue weighted by Gasteiger charge is 2.29. The molecule has 0 saturated carbocycles. The van der Waals surface area contributed by atoms with Crippen LogP contribution >= 0.6 is 0 Å². The van der Waals surface area contributed by atoms with Crippen LogP contribution in [0.3, 0.4) is 0 Å². The Balaban J connectivity index is 0.00000145. The molecule has 0 radical (unpaired) electrons. The Morgan fingerprint density at radius 2 is 1.83 bits per heavy atom. The molecule has 0 bridgehead atoms. The number of rotatable bonds is 2. The molecule has 0 atom stereocenters. The molecule has 0 unspecified atom stereocenters. The van der Waals surface area contributed by atoms with Crippen LogP contribution in [0.5, 0.6) is 0 Å². The summed E-state index contributed by atoms with van der Waals surface area (Å²) >= 11 is 0. The molecule has 0 N–H and O–H groups in total. The maximum absolute atomic E-state index is 13.3. The van der Waals surface area contributed by atoms with Crippen molar-refractivity contribution in [3.05, 3.63) is 35.3 Å². The Morgan fingerprint density at radius 1 is 1.21 bits per heavy atom. The van der Waals surface area contributed by atoms with Gasteiger partial charge in [-0.1, -0.05) is 13.8 Å². The molecule has 0 aliphatic carbocycles. The van der Waals surface area contributed by atoms with Crippen LogP contribution in [0, 0.1) is 19.7 Å². The Kier molecular flexibility index (Phi) is 7.32. The molecule has 8 heteroatoms. The number of carbonyl (C=O) groups is 1. The number of carbonyl (C=O) groups excluding carboxylic acids is 1. The Bertz CT molecular complexity index is 836. The minimum absolute atomic E-state index is 0.171. The number of aryl methyl sites for hydroxylation is 2. The average molecular weight is 406 g/mol. The van der Waals surface area contributed by atoms with Crippen LogP contribution in [0.2, 0.25) is 0 Å². The van der Waals surface area contributed by atoms with Gasteiger partial charge in [0.05, 0.1) is 6.20 Å². The van der Waals surface area contributed by atoms with E-state index < -0.39 is 5.60 Å². The summed E-state index contributed by atoms with van der Waals surface area (Å²) in [6, 6.07) is 1.43. The summed E-state index contributed by atoms with van der Waals surface area (Å²) < 4.78 is 20.4. The fraction of sp³-hybridized carbons (Fsp3) is 0.619. The van der Waals surface area contributed by atoms with Crippen molar-refractivity contribution in [1.29, 1.82) is 0 Å². The number of likely N-dealkylation sites (tertiary alicyclic amines) is 1. The number of pyridine rings is 1. The predicted molar refractivity (Wildman–Crippen MR) is 110 cm³/mol. The van der Waals surface area contributed by atoms with Crippen LogP contribution in [0.1, 0.15) is 70.6 Å². The van der Waals surface area contributed by atoms with Gasteiger partial charge in [-0.3, -0.25) is 0 Å². The molecule has 1 saturated heterocycles.